The number of alkyl halides is 1. The number of hydrogen-bond acceptors (Lipinski definition) is 4. The summed E-state index contributed by atoms with van der Waals surface area (Å²) in [5.74, 6) is 0.276. The van der Waals surface area contributed by atoms with Crippen molar-refractivity contribution in [2.45, 2.75) is 37.8 Å². The van der Waals surface area contributed by atoms with Gasteiger partial charge in [-0.15, -0.1) is 0 Å². The fourth-order valence-corrected chi connectivity index (χ4v) is 3.56. The molecule has 5 nitrogen and oxygen atoms in total. The molecule has 0 aliphatic carbocycles. The van der Waals surface area contributed by atoms with E-state index in [0.29, 0.717) is 36.0 Å². The number of likely N-dealkylation sites (tertiary alicyclic amines) is 1. The maximum Gasteiger partial charge on any atom is 0.140 e. The Labute approximate surface area is 138 Å². The molecule has 0 spiro atoms. The third kappa shape index (κ3) is 3.29. The standard InChI is InChI=1S/C17H21F2N3O2/c18-11-1-2-14-15(7-11)21-17(20-14)10-24-16-9-22(8-13(16)19)12-3-5-23-6-4-12/h1-2,7,12-13,16H,3-6,8-10H2,(H,20,21). The highest BCUT2D eigenvalue weighted by molar-refractivity contribution is 5.74. The molecule has 1 aromatic heterocycles. The van der Waals surface area contributed by atoms with Gasteiger partial charge in [-0.1, -0.05) is 0 Å². The van der Waals surface area contributed by atoms with Crippen molar-refractivity contribution in [1.29, 1.82) is 0 Å². The first kappa shape index (κ1) is 15.9. The monoisotopic (exact) mass is 337 g/mol. The van der Waals surface area contributed by atoms with Gasteiger partial charge >= 0.3 is 0 Å². The van der Waals surface area contributed by atoms with Crippen molar-refractivity contribution >= 4 is 11.0 Å². The summed E-state index contributed by atoms with van der Waals surface area (Å²) in [7, 11) is 0. The van der Waals surface area contributed by atoms with E-state index in [1.54, 1.807) is 6.07 Å². The van der Waals surface area contributed by atoms with Crippen LogP contribution in [-0.4, -0.2) is 59.5 Å². The molecule has 3 heterocycles. The number of rotatable bonds is 4. The van der Waals surface area contributed by atoms with E-state index in [1.165, 1.54) is 12.1 Å². The van der Waals surface area contributed by atoms with E-state index in [4.69, 9.17) is 9.47 Å². The van der Waals surface area contributed by atoms with Gasteiger partial charge in [0.15, 0.2) is 0 Å². The molecule has 24 heavy (non-hydrogen) atoms. The number of ether oxygens (including phenoxy) is 2. The van der Waals surface area contributed by atoms with Crippen LogP contribution in [0.2, 0.25) is 0 Å². The van der Waals surface area contributed by atoms with Gasteiger partial charge in [-0.25, -0.2) is 13.8 Å². The van der Waals surface area contributed by atoms with E-state index in [9.17, 15) is 8.78 Å². The molecule has 2 fully saturated rings. The number of nitrogens with one attached hydrogen (secondary N) is 1. The summed E-state index contributed by atoms with van der Waals surface area (Å²) in [6, 6.07) is 4.77. The molecule has 130 valence electrons. The van der Waals surface area contributed by atoms with Crippen LogP contribution in [-0.2, 0) is 16.1 Å². The third-order valence-corrected chi connectivity index (χ3v) is 4.86. The van der Waals surface area contributed by atoms with E-state index in [2.05, 4.69) is 14.9 Å². The second kappa shape index (κ2) is 6.74. The highest BCUT2D eigenvalue weighted by Gasteiger charge is 2.37. The van der Waals surface area contributed by atoms with Gasteiger partial charge in [0.1, 0.15) is 30.5 Å². The SMILES string of the molecule is Fc1ccc2nc(COC3CN(C4CCOCC4)CC3F)[nH]c2c1. The second-order valence-electron chi connectivity index (χ2n) is 6.51. The smallest absolute Gasteiger partial charge is 0.140 e. The molecule has 1 aromatic carbocycles. The number of aromatic nitrogens is 2. The molecule has 1 N–H and O–H groups in total. The Morgan fingerprint density at radius 3 is 2.96 bits per heavy atom. The minimum absolute atomic E-state index is 0.197. The molecule has 4 rings (SSSR count). The predicted molar refractivity (Wildman–Crippen MR) is 84.9 cm³/mol. The highest BCUT2D eigenvalue weighted by atomic mass is 19.1. The Bertz CT molecular complexity index is 702. The van der Waals surface area contributed by atoms with E-state index in [-0.39, 0.29) is 12.4 Å². The normalized spacial score (nSPS) is 26.4. The third-order valence-electron chi connectivity index (χ3n) is 4.86. The van der Waals surface area contributed by atoms with E-state index in [0.717, 1.165) is 26.1 Å². The van der Waals surface area contributed by atoms with E-state index in [1.807, 2.05) is 0 Å². The van der Waals surface area contributed by atoms with Crippen LogP contribution in [0.25, 0.3) is 11.0 Å². The number of nitrogens with zero attached hydrogens (tertiary/aromatic N) is 2. The minimum atomic E-state index is -0.991. The number of hydrogen-bond donors (Lipinski definition) is 1. The zero-order valence-electron chi connectivity index (χ0n) is 13.4. The van der Waals surface area contributed by atoms with Crippen molar-refractivity contribution in [3.8, 4) is 0 Å². The molecule has 2 saturated heterocycles. The number of imidazole rings is 1. The number of benzene rings is 1. The topological polar surface area (TPSA) is 50.4 Å². The lowest BCUT2D eigenvalue weighted by molar-refractivity contribution is 0.00313. The van der Waals surface area contributed by atoms with Crippen molar-refractivity contribution < 1.29 is 18.3 Å². The molecule has 0 amide bonds. The van der Waals surface area contributed by atoms with Gasteiger partial charge in [0.25, 0.3) is 0 Å². The largest absolute Gasteiger partial charge is 0.381 e. The first-order valence-electron chi connectivity index (χ1n) is 8.40. The summed E-state index contributed by atoms with van der Waals surface area (Å²) in [5.41, 5.74) is 1.31. The molecule has 2 aliphatic heterocycles. The molecule has 2 unspecified atom stereocenters. The summed E-state index contributed by atoms with van der Waals surface area (Å²) >= 11 is 0. The Balaban J connectivity index is 1.36. The first-order chi connectivity index (χ1) is 11.7. The number of fused-ring (bicyclic) bond motifs is 1. The molecule has 0 radical (unpaired) electrons. The van der Waals surface area contributed by atoms with Crippen molar-refractivity contribution in [2.75, 3.05) is 26.3 Å². The summed E-state index contributed by atoms with van der Waals surface area (Å²) in [4.78, 5) is 9.54. The maximum absolute atomic E-state index is 14.3. The summed E-state index contributed by atoms with van der Waals surface area (Å²) in [6.45, 7) is 2.71. The molecule has 2 aromatic rings. The van der Waals surface area contributed by atoms with Crippen LogP contribution in [0.3, 0.4) is 0 Å². The van der Waals surface area contributed by atoms with Crippen LogP contribution in [0.4, 0.5) is 8.78 Å². The Kier molecular flexibility index (Phi) is 4.47. The van der Waals surface area contributed by atoms with Crippen LogP contribution < -0.4 is 0 Å². The maximum atomic E-state index is 14.3. The predicted octanol–water partition coefficient (Wildman–Crippen LogP) is 2.42. The lowest BCUT2D eigenvalue weighted by Crippen LogP contribution is -2.38. The molecule has 0 saturated carbocycles. The van der Waals surface area contributed by atoms with Gasteiger partial charge in [-0.2, -0.15) is 0 Å². The number of halogens is 2. The average Bonchev–Trinajstić information content (AvgIpc) is 3.16. The number of H-pyrrole nitrogens is 1. The minimum Gasteiger partial charge on any atom is -0.381 e. The van der Waals surface area contributed by atoms with Gasteiger partial charge in [0.05, 0.1) is 11.0 Å². The fourth-order valence-electron chi connectivity index (χ4n) is 3.56. The van der Waals surface area contributed by atoms with Crippen LogP contribution in [0.1, 0.15) is 18.7 Å². The van der Waals surface area contributed by atoms with Gasteiger partial charge in [-0.3, -0.25) is 4.90 Å². The average molecular weight is 337 g/mol. The lowest BCUT2D eigenvalue weighted by atomic mass is 10.1. The highest BCUT2D eigenvalue weighted by Crippen LogP contribution is 2.24. The quantitative estimate of drug-likeness (QED) is 0.931. The lowest BCUT2D eigenvalue weighted by Gasteiger charge is -2.30. The van der Waals surface area contributed by atoms with Gasteiger partial charge in [0, 0.05) is 32.3 Å². The molecule has 2 aliphatic rings. The zero-order valence-corrected chi connectivity index (χ0v) is 13.4. The second-order valence-corrected chi connectivity index (χ2v) is 6.51. The van der Waals surface area contributed by atoms with Crippen molar-refractivity contribution in [2.24, 2.45) is 0 Å². The summed E-state index contributed by atoms with van der Waals surface area (Å²) < 4.78 is 38.6. The molecular weight excluding hydrogens is 316 g/mol. The van der Waals surface area contributed by atoms with Crippen molar-refractivity contribution in [3.05, 3.63) is 29.8 Å². The Hall–Kier alpha value is -1.57. The van der Waals surface area contributed by atoms with Crippen LogP contribution >= 0.6 is 0 Å². The first-order valence-corrected chi connectivity index (χ1v) is 8.40. The van der Waals surface area contributed by atoms with Gasteiger partial charge in [0.2, 0.25) is 0 Å². The Morgan fingerprint density at radius 1 is 1.29 bits per heavy atom. The van der Waals surface area contributed by atoms with Crippen LogP contribution in [0, 0.1) is 5.82 Å². The molecule has 0 bridgehead atoms. The molecular formula is C17H21F2N3O2. The van der Waals surface area contributed by atoms with Crippen molar-refractivity contribution in [3.63, 3.8) is 0 Å². The summed E-state index contributed by atoms with van der Waals surface area (Å²) in [5, 5.41) is 0. The number of aromatic amines is 1. The Morgan fingerprint density at radius 2 is 2.12 bits per heavy atom. The zero-order chi connectivity index (χ0) is 16.5. The summed E-state index contributed by atoms with van der Waals surface area (Å²) in [6.07, 6.45) is 0.468. The fraction of sp³-hybridized carbons (Fsp3) is 0.588. The molecule has 7 heteroatoms. The van der Waals surface area contributed by atoms with Gasteiger partial charge < -0.3 is 14.5 Å². The van der Waals surface area contributed by atoms with E-state index < -0.39 is 12.3 Å². The van der Waals surface area contributed by atoms with Gasteiger partial charge in [-0.05, 0) is 31.0 Å². The van der Waals surface area contributed by atoms with E-state index >= 15 is 0 Å². The van der Waals surface area contributed by atoms with Crippen LogP contribution in [0.15, 0.2) is 18.2 Å². The molecule has 2 atom stereocenters. The van der Waals surface area contributed by atoms with Crippen molar-refractivity contribution in [1.82, 2.24) is 14.9 Å². The van der Waals surface area contributed by atoms with Crippen LogP contribution in [0.5, 0.6) is 0 Å².